The van der Waals surface area contributed by atoms with Gasteiger partial charge in [0.1, 0.15) is 0 Å². The molecule has 0 aliphatic heterocycles. The number of rotatable bonds is 7. The van der Waals surface area contributed by atoms with E-state index in [1.54, 1.807) is 0 Å². The molecule has 0 aromatic carbocycles. The zero-order valence-electron chi connectivity index (χ0n) is 8.76. The molecule has 0 aromatic rings. The van der Waals surface area contributed by atoms with Gasteiger partial charge >= 0.3 is 0 Å². The van der Waals surface area contributed by atoms with Gasteiger partial charge in [-0.05, 0) is 38.1 Å². The first-order valence-corrected chi connectivity index (χ1v) is 5.85. The van der Waals surface area contributed by atoms with Crippen LogP contribution < -0.4 is 5.32 Å². The molecule has 0 unspecified atom stereocenters. The first-order chi connectivity index (χ1) is 6.40. The Bertz CT molecular complexity index is 150. The van der Waals surface area contributed by atoms with E-state index in [-0.39, 0.29) is 0 Å². The number of nitrogens with zero attached hydrogens (tertiary/aromatic N) is 1. The highest BCUT2D eigenvalue weighted by molar-refractivity contribution is 4.88. The highest BCUT2D eigenvalue weighted by Crippen LogP contribution is 2.34. The highest BCUT2D eigenvalue weighted by Gasteiger charge is 2.32. The van der Waals surface area contributed by atoms with Gasteiger partial charge in [0, 0.05) is 25.7 Å². The van der Waals surface area contributed by atoms with Crippen LogP contribution in [0.4, 0.5) is 0 Å². The average Bonchev–Trinajstić information content (AvgIpc) is 2.98. The number of hydrogen-bond donors (Lipinski definition) is 1. The minimum absolute atomic E-state index is 0.958. The van der Waals surface area contributed by atoms with E-state index < -0.39 is 0 Å². The van der Waals surface area contributed by atoms with Crippen LogP contribution in [-0.4, -0.2) is 37.1 Å². The van der Waals surface area contributed by atoms with E-state index in [0.717, 1.165) is 18.5 Å². The summed E-state index contributed by atoms with van der Waals surface area (Å²) in [5.41, 5.74) is 0. The molecule has 1 N–H and O–H groups in total. The Hall–Kier alpha value is -0.0800. The van der Waals surface area contributed by atoms with Crippen molar-refractivity contribution >= 4 is 0 Å². The van der Waals surface area contributed by atoms with Crippen molar-refractivity contribution in [1.29, 1.82) is 0 Å². The summed E-state index contributed by atoms with van der Waals surface area (Å²) in [4.78, 5) is 2.71. The monoisotopic (exact) mass is 182 g/mol. The van der Waals surface area contributed by atoms with Gasteiger partial charge in [0.15, 0.2) is 0 Å². The third-order valence-electron chi connectivity index (χ3n) is 3.08. The predicted octanol–water partition coefficient (Wildman–Crippen LogP) is 1.47. The van der Waals surface area contributed by atoms with Crippen molar-refractivity contribution in [2.24, 2.45) is 5.92 Å². The van der Waals surface area contributed by atoms with Crippen LogP contribution >= 0.6 is 0 Å². The van der Waals surface area contributed by atoms with Crippen molar-refractivity contribution in [2.75, 3.05) is 26.2 Å². The van der Waals surface area contributed by atoms with Gasteiger partial charge in [0.2, 0.25) is 0 Å². The summed E-state index contributed by atoms with van der Waals surface area (Å²) in [7, 11) is 0. The van der Waals surface area contributed by atoms with E-state index in [2.05, 4.69) is 17.1 Å². The smallest absolute Gasteiger partial charge is 0.0110 e. The Balaban J connectivity index is 1.63. The molecule has 2 aliphatic carbocycles. The molecule has 2 saturated carbocycles. The Kier molecular flexibility index (Phi) is 3.23. The quantitative estimate of drug-likeness (QED) is 0.600. The molecule has 2 aliphatic rings. The van der Waals surface area contributed by atoms with Gasteiger partial charge in [-0.2, -0.15) is 0 Å². The van der Waals surface area contributed by atoms with Gasteiger partial charge < -0.3 is 5.32 Å². The van der Waals surface area contributed by atoms with E-state index in [1.165, 1.54) is 45.3 Å². The summed E-state index contributed by atoms with van der Waals surface area (Å²) in [5, 5.41) is 3.41. The molecule has 0 amide bonds. The molecule has 2 rings (SSSR count). The third kappa shape index (κ3) is 3.28. The van der Waals surface area contributed by atoms with Crippen LogP contribution in [0.25, 0.3) is 0 Å². The lowest BCUT2D eigenvalue weighted by Crippen LogP contribution is -2.35. The molecule has 13 heavy (non-hydrogen) atoms. The molecule has 0 saturated heterocycles. The van der Waals surface area contributed by atoms with Crippen molar-refractivity contribution in [3.63, 3.8) is 0 Å². The minimum Gasteiger partial charge on any atom is -0.316 e. The molecule has 0 aromatic heterocycles. The maximum Gasteiger partial charge on any atom is 0.0110 e. The van der Waals surface area contributed by atoms with E-state index in [4.69, 9.17) is 0 Å². The van der Waals surface area contributed by atoms with Crippen molar-refractivity contribution in [3.05, 3.63) is 0 Å². The fourth-order valence-electron chi connectivity index (χ4n) is 1.89. The molecule has 0 heterocycles. The fraction of sp³-hybridized carbons (Fsp3) is 1.00. The SMILES string of the molecule is CCNCCN(CC1CC1)C1CC1. The van der Waals surface area contributed by atoms with E-state index in [9.17, 15) is 0 Å². The van der Waals surface area contributed by atoms with E-state index >= 15 is 0 Å². The standard InChI is InChI=1S/C11H22N2/c1-2-12-7-8-13(11-5-6-11)9-10-3-4-10/h10-12H,2-9H2,1H3. The largest absolute Gasteiger partial charge is 0.316 e. The lowest BCUT2D eigenvalue weighted by Gasteiger charge is -2.21. The number of nitrogens with one attached hydrogen (secondary N) is 1. The van der Waals surface area contributed by atoms with Crippen molar-refractivity contribution in [1.82, 2.24) is 10.2 Å². The molecule has 2 nitrogen and oxygen atoms in total. The second-order valence-electron chi connectivity index (χ2n) is 4.52. The summed E-state index contributed by atoms with van der Waals surface area (Å²) in [6, 6.07) is 0.958. The summed E-state index contributed by atoms with van der Waals surface area (Å²) < 4.78 is 0. The normalized spacial score (nSPS) is 22.6. The first kappa shape index (κ1) is 9.47. The molecule has 76 valence electrons. The van der Waals surface area contributed by atoms with Gasteiger partial charge in [0.25, 0.3) is 0 Å². The number of likely N-dealkylation sites (N-methyl/N-ethyl adjacent to an activating group) is 1. The van der Waals surface area contributed by atoms with Crippen molar-refractivity contribution < 1.29 is 0 Å². The summed E-state index contributed by atoms with van der Waals surface area (Å²) in [5.74, 6) is 1.06. The Labute approximate surface area is 81.7 Å². The lowest BCUT2D eigenvalue weighted by atomic mass is 10.3. The summed E-state index contributed by atoms with van der Waals surface area (Å²) >= 11 is 0. The van der Waals surface area contributed by atoms with E-state index in [0.29, 0.717) is 0 Å². The highest BCUT2D eigenvalue weighted by atomic mass is 15.2. The average molecular weight is 182 g/mol. The molecular weight excluding hydrogens is 160 g/mol. The van der Waals surface area contributed by atoms with Crippen molar-refractivity contribution in [2.45, 2.75) is 38.6 Å². The lowest BCUT2D eigenvalue weighted by molar-refractivity contribution is 0.253. The maximum absolute atomic E-state index is 3.41. The Morgan fingerprint density at radius 1 is 1.23 bits per heavy atom. The first-order valence-electron chi connectivity index (χ1n) is 5.85. The molecule has 0 atom stereocenters. The summed E-state index contributed by atoms with van der Waals surface area (Å²) in [6.07, 6.45) is 5.90. The fourth-order valence-corrected chi connectivity index (χ4v) is 1.89. The molecule has 0 bridgehead atoms. The minimum atomic E-state index is 0.958. The summed E-state index contributed by atoms with van der Waals surface area (Å²) in [6.45, 7) is 7.13. The van der Waals surface area contributed by atoms with Gasteiger partial charge in [-0.25, -0.2) is 0 Å². The second kappa shape index (κ2) is 4.43. The van der Waals surface area contributed by atoms with E-state index in [1.807, 2.05) is 0 Å². The van der Waals surface area contributed by atoms with Crippen LogP contribution in [0.5, 0.6) is 0 Å². The molecule has 0 spiro atoms. The second-order valence-corrected chi connectivity index (χ2v) is 4.52. The zero-order valence-corrected chi connectivity index (χ0v) is 8.76. The van der Waals surface area contributed by atoms with Crippen LogP contribution in [-0.2, 0) is 0 Å². The van der Waals surface area contributed by atoms with Crippen LogP contribution in [0, 0.1) is 5.92 Å². The molecule has 2 fully saturated rings. The van der Waals surface area contributed by atoms with Crippen LogP contribution in [0.1, 0.15) is 32.6 Å². The Morgan fingerprint density at radius 3 is 2.54 bits per heavy atom. The molecule has 2 heteroatoms. The Morgan fingerprint density at radius 2 is 2.00 bits per heavy atom. The van der Waals surface area contributed by atoms with Crippen LogP contribution in [0.15, 0.2) is 0 Å². The number of hydrogen-bond acceptors (Lipinski definition) is 2. The topological polar surface area (TPSA) is 15.3 Å². The van der Waals surface area contributed by atoms with Crippen molar-refractivity contribution in [3.8, 4) is 0 Å². The maximum atomic E-state index is 3.41. The third-order valence-corrected chi connectivity index (χ3v) is 3.08. The van der Waals surface area contributed by atoms with Crippen LogP contribution in [0.3, 0.4) is 0 Å². The predicted molar refractivity (Wildman–Crippen MR) is 55.9 cm³/mol. The van der Waals surface area contributed by atoms with Gasteiger partial charge in [0.05, 0.1) is 0 Å². The zero-order chi connectivity index (χ0) is 9.10. The molecular formula is C11H22N2. The van der Waals surface area contributed by atoms with Gasteiger partial charge in [-0.3, -0.25) is 4.90 Å². The van der Waals surface area contributed by atoms with Gasteiger partial charge in [-0.15, -0.1) is 0 Å². The van der Waals surface area contributed by atoms with Crippen LogP contribution in [0.2, 0.25) is 0 Å². The van der Waals surface area contributed by atoms with Gasteiger partial charge in [-0.1, -0.05) is 6.92 Å². The molecule has 0 radical (unpaired) electrons.